The van der Waals surface area contributed by atoms with Crippen LogP contribution in [0.2, 0.25) is 10.0 Å². The van der Waals surface area contributed by atoms with Gasteiger partial charge in [-0.05, 0) is 30.3 Å². The molecule has 0 aliphatic carbocycles. The van der Waals surface area contributed by atoms with Crippen LogP contribution in [0.5, 0.6) is 0 Å². The summed E-state index contributed by atoms with van der Waals surface area (Å²) in [6, 6.07) is 8.04. The molecule has 4 nitrogen and oxygen atoms in total. The zero-order valence-corrected chi connectivity index (χ0v) is 10.7. The van der Waals surface area contributed by atoms with E-state index in [1.165, 1.54) is 6.20 Å². The van der Waals surface area contributed by atoms with Crippen LogP contribution in [0, 0.1) is 0 Å². The number of nitrogens with two attached hydrogens (primary N) is 1. The number of nitrogens with zero attached hydrogens (tertiary/aromatic N) is 1. The van der Waals surface area contributed by atoms with Crippen molar-refractivity contribution in [2.75, 3.05) is 11.1 Å². The number of carbonyl (C=O) groups excluding carboxylic acids is 1. The van der Waals surface area contributed by atoms with Gasteiger partial charge in [0.1, 0.15) is 0 Å². The number of benzene rings is 1. The highest BCUT2D eigenvalue weighted by atomic mass is 35.5. The molecule has 0 saturated carbocycles. The van der Waals surface area contributed by atoms with Crippen LogP contribution in [0.1, 0.15) is 10.5 Å². The molecule has 2 rings (SSSR count). The molecule has 18 heavy (non-hydrogen) atoms. The molecule has 0 unspecified atom stereocenters. The first-order chi connectivity index (χ1) is 8.58. The molecule has 0 atom stereocenters. The van der Waals surface area contributed by atoms with Crippen molar-refractivity contribution < 1.29 is 4.79 Å². The number of halogens is 2. The third kappa shape index (κ3) is 2.72. The van der Waals surface area contributed by atoms with Crippen LogP contribution < -0.4 is 11.1 Å². The number of anilines is 2. The summed E-state index contributed by atoms with van der Waals surface area (Å²) in [5.74, 6) is -0.419. The molecule has 3 N–H and O–H groups in total. The number of hydrogen-bond acceptors (Lipinski definition) is 3. The van der Waals surface area contributed by atoms with Crippen LogP contribution in [0.3, 0.4) is 0 Å². The molecule has 0 bridgehead atoms. The Kier molecular flexibility index (Phi) is 3.69. The van der Waals surface area contributed by atoms with Crippen LogP contribution in [-0.4, -0.2) is 10.9 Å². The van der Waals surface area contributed by atoms with Crippen molar-refractivity contribution in [1.29, 1.82) is 0 Å². The highest BCUT2D eigenvalue weighted by Gasteiger charge is 2.12. The van der Waals surface area contributed by atoms with Gasteiger partial charge in [-0.1, -0.05) is 23.2 Å². The van der Waals surface area contributed by atoms with Crippen molar-refractivity contribution in [3.63, 3.8) is 0 Å². The van der Waals surface area contributed by atoms with Gasteiger partial charge in [-0.15, -0.1) is 0 Å². The SMILES string of the molecule is Nc1cccnc1C(=O)Nc1ccc(Cl)cc1Cl. The van der Waals surface area contributed by atoms with Crippen molar-refractivity contribution in [3.8, 4) is 0 Å². The molecule has 1 aromatic carbocycles. The molecular weight excluding hydrogens is 273 g/mol. The number of aromatic nitrogens is 1. The molecule has 0 fully saturated rings. The van der Waals surface area contributed by atoms with Gasteiger partial charge >= 0.3 is 0 Å². The minimum Gasteiger partial charge on any atom is -0.397 e. The van der Waals surface area contributed by atoms with Gasteiger partial charge in [0, 0.05) is 11.2 Å². The van der Waals surface area contributed by atoms with Crippen molar-refractivity contribution in [2.24, 2.45) is 0 Å². The monoisotopic (exact) mass is 281 g/mol. The number of carbonyl (C=O) groups is 1. The van der Waals surface area contributed by atoms with Gasteiger partial charge in [0.2, 0.25) is 0 Å². The summed E-state index contributed by atoms with van der Waals surface area (Å²) < 4.78 is 0. The highest BCUT2D eigenvalue weighted by Crippen LogP contribution is 2.26. The van der Waals surface area contributed by atoms with E-state index in [1.807, 2.05) is 0 Å². The van der Waals surface area contributed by atoms with E-state index in [-0.39, 0.29) is 5.69 Å². The fourth-order valence-corrected chi connectivity index (χ4v) is 1.84. The maximum Gasteiger partial charge on any atom is 0.276 e. The van der Waals surface area contributed by atoms with E-state index in [4.69, 9.17) is 28.9 Å². The summed E-state index contributed by atoms with van der Waals surface area (Å²) in [7, 11) is 0. The Balaban J connectivity index is 2.24. The van der Waals surface area contributed by atoms with Crippen molar-refractivity contribution in [2.45, 2.75) is 0 Å². The predicted octanol–water partition coefficient (Wildman–Crippen LogP) is 3.22. The van der Waals surface area contributed by atoms with Gasteiger partial charge in [-0.25, -0.2) is 4.98 Å². The molecule has 0 aliphatic rings. The second kappa shape index (κ2) is 5.25. The molecule has 1 aromatic heterocycles. The summed E-state index contributed by atoms with van der Waals surface area (Å²) in [6.45, 7) is 0. The lowest BCUT2D eigenvalue weighted by Crippen LogP contribution is -2.15. The Bertz CT molecular complexity index is 602. The van der Waals surface area contributed by atoms with E-state index in [1.54, 1.807) is 30.3 Å². The van der Waals surface area contributed by atoms with E-state index >= 15 is 0 Å². The van der Waals surface area contributed by atoms with Crippen molar-refractivity contribution in [3.05, 3.63) is 52.3 Å². The fraction of sp³-hybridized carbons (Fsp3) is 0. The third-order valence-electron chi connectivity index (χ3n) is 2.23. The molecule has 0 saturated heterocycles. The average molecular weight is 282 g/mol. The summed E-state index contributed by atoms with van der Waals surface area (Å²) in [5, 5.41) is 3.47. The Morgan fingerprint density at radius 3 is 2.72 bits per heavy atom. The number of rotatable bonds is 2. The lowest BCUT2D eigenvalue weighted by Gasteiger charge is -2.08. The molecule has 0 spiro atoms. The maximum absolute atomic E-state index is 11.9. The van der Waals surface area contributed by atoms with Gasteiger partial charge in [0.15, 0.2) is 5.69 Å². The standard InChI is InChI=1S/C12H9Cl2N3O/c13-7-3-4-10(8(14)6-7)17-12(18)11-9(15)2-1-5-16-11/h1-6H,15H2,(H,17,18). The Labute approximate surface area is 114 Å². The number of amides is 1. The van der Waals surface area contributed by atoms with Gasteiger partial charge in [0.05, 0.1) is 16.4 Å². The highest BCUT2D eigenvalue weighted by molar-refractivity contribution is 6.36. The number of pyridine rings is 1. The molecule has 2 aromatic rings. The van der Waals surface area contributed by atoms with E-state index in [0.717, 1.165) is 0 Å². The molecule has 92 valence electrons. The summed E-state index contributed by atoms with van der Waals surface area (Å²) in [4.78, 5) is 15.8. The number of nitrogens with one attached hydrogen (secondary N) is 1. The van der Waals surface area contributed by atoms with Crippen molar-refractivity contribution >= 4 is 40.5 Å². The van der Waals surface area contributed by atoms with E-state index < -0.39 is 5.91 Å². The minimum absolute atomic E-state index is 0.156. The Hall–Kier alpha value is -1.78. The number of nitrogen functional groups attached to an aromatic ring is 1. The number of hydrogen-bond donors (Lipinski definition) is 2. The zero-order valence-electron chi connectivity index (χ0n) is 9.15. The normalized spacial score (nSPS) is 10.1. The average Bonchev–Trinajstić information content (AvgIpc) is 2.33. The van der Waals surface area contributed by atoms with E-state index in [9.17, 15) is 4.79 Å². The lowest BCUT2D eigenvalue weighted by molar-refractivity contribution is 0.102. The molecular formula is C12H9Cl2N3O. The van der Waals surface area contributed by atoms with Gasteiger partial charge in [0.25, 0.3) is 5.91 Å². The summed E-state index contributed by atoms with van der Waals surface area (Å²) >= 11 is 11.7. The quantitative estimate of drug-likeness (QED) is 0.888. The molecule has 1 amide bonds. The largest absolute Gasteiger partial charge is 0.397 e. The third-order valence-corrected chi connectivity index (χ3v) is 2.78. The lowest BCUT2D eigenvalue weighted by atomic mass is 10.2. The van der Waals surface area contributed by atoms with Crippen LogP contribution in [0.4, 0.5) is 11.4 Å². The smallest absolute Gasteiger partial charge is 0.276 e. The van der Waals surface area contributed by atoms with E-state index in [2.05, 4.69) is 10.3 Å². The van der Waals surface area contributed by atoms with Crippen LogP contribution in [0.25, 0.3) is 0 Å². The molecule has 6 heteroatoms. The first-order valence-electron chi connectivity index (χ1n) is 5.05. The van der Waals surface area contributed by atoms with Crippen LogP contribution in [0.15, 0.2) is 36.5 Å². The second-order valence-electron chi connectivity index (χ2n) is 3.52. The van der Waals surface area contributed by atoms with Gasteiger partial charge < -0.3 is 11.1 Å². The van der Waals surface area contributed by atoms with Crippen molar-refractivity contribution in [1.82, 2.24) is 4.98 Å². The first-order valence-corrected chi connectivity index (χ1v) is 5.80. The molecule has 1 heterocycles. The molecule has 0 radical (unpaired) electrons. The first kappa shape index (κ1) is 12.7. The summed E-state index contributed by atoms with van der Waals surface area (Å²) in [5.41, 5.74) is 6.58. The van der Waals surface area contributed by atoms with E-state index in [0.29, 0.717) is 21.4 Å². The molecule has 0 aliphatic heterocycles. The predicted molar refractivity (Wildman–Crippen MR) is 73.1 cm³/mol. The maximum atomic E-state index is 11.9. The fourth-order valence-electron chi connectivity index (χ4n) is 1.38. The Morgan fingerprint density at radius 1 is 1.28 bits per heavy atom. The van der Waals surface area contributed by atoms with Gasteiger partial charge in [-0.2, -0.15) is 0 Å². The van der Waals surface area contributed by atoms with Crippen LogP contribution in [-0.2, 0) is 0 Å². The second-order valence-corrected chi connectivity index (χ2v) is 4.36. The van der Waals surface area contributed by atoms with Crippen LogP contribution >= 0.6 is 23.2 Å². The zero-order chi connectivity index (χ0) is 13.1. The van der Waals surface area contributed by atoms with Gasteiger partial charge in [-0.3, -0.25) is 4.79 Å². The summed E-state index contributed by atoms with van der Waals surface area (Å²) in [6.07, 6.45) is 1.49. The minimum atomic E-state index is -0.419. The Morgan fingerprint density at radius 2 is 2.06 bits per heavy atom. The topological polar surface area (TPSA) is 68.0 Å².